The van der Waals surface area contributed by atoms with E-state index < -0.39 is 0 Å². The van der Waals surface area contributed by atoms with Gasteiger partial charge in [0.05, 0.1) is 0 Å². The molecule has 0 aromatic heterocycles. The predicted octanol–water partition coefficient (Wildman–Crippen LogP) is 1.38. The number of nitrogens with zero attached hydrogens (tertiary/aromatic N) is 1. The fraction of sp³-hybridized carbons (Fsp3) is 0. The minimum absolute atomic E-state index is 0.207. The number of nitrogens with two attached hydrogens (primary N) is 1. The molecule has 1 rings (SSSR count). The monoisotopic (exact) mass is 182 g/mol. The standard InChI is InChI=1S/C8H7ClN2O/c9-8(11-10)7(12)6-4-2-1-3-5-6/h1-5H,10H2/b11-8-. The maximum atomic E-state index is 11.2. The zero-order valence-corrected chi connectivity index (χ0v) is 6.95. The van der Waals surface area contributed by atoms with E-state index in [1.165, 1.54) is 0 Å². The van der Waals surface area contributed by atoms with Gasteiger partial charge in [0.15, 0.2) is 5.17 Å². The van der Waals surface area contributed by atoms with Crippen LogP contribution in [0, 0.1) is 0 Å². The van der Waals surface area contributed by atoms with E-state index in [9.17, 15) is 4.79 Å². The van der Waals surface area contributed by atoms with Gasteiger partial charge in [-0.3, -0.25) is 4.79 Å². The molecule has 0 radical (unpaired) electrons. The third-order valence-corrected chi connectivity index (χ3v) is 1.61. The summed E-state index contributed by atoms with van der Waals surface area (Å²) < 4.78 is 0. The Labute approximate surface area is 74.8 Å². The largest absolute Gasteiger partial charge is 0.322 e. The third-order valence-electron chi connectivity index (χ3n) is 1.34. The number of hydrogen-bond donors (Lipinski definition) is 1. The summed E-state index contributed by atoms with van der Waals surface area (Å²) in [6, 6.07) is 8.60. The summed E-state index contributed by atoms with van der Waals surface area (Å²) in [5, 5.41) is 2.89. The molecule has 3 nitrogen and oxygen atoms in total. The molecular weight excluding hydrogens is 176 g/mol. The molecule has 4 heteroatoms. The van der Waals surface area contributed by atoms with Crippen molar-refractivity contribution >= 4 is 22.6 Å². The lowest BCUT2D eigenvalue weighted by molar-refractivity contribution is 0.106. The summed E-state index contributed by atoms with van der Waals surface area (Å²) >= 11 is 5.43. The number of carbonyl (C=O) groups is 1. The molecule has 1 aromatic carbocycles. The minimum atomic E-state index is -0.361. The van der Waals surface area contributed by atoms with Crippen LogP contribution in [-0.4, -0.2) is 11.0 Å². The van der Waals surface area contributed by atoms with Gasteiger partial charge >= 0.3 is 0 Å². The number of ketones is 1. The Morgan fingerprint density at radius 3 is 2.42 bits per heavy atom. The molecule has 0 amide bonds. The van der Waals surface area contributed by atoms with Gasteiger partial charge in [-0.2, -0.15) is 5.10 Å². The number of halogens is 1. The Hall–Kier alpha value is -1.35. The van der Waals surface area contributed by atoms with Gasteiger partial charge in [0, 0.05) is 5.56 Å². The molecule has 0 fully saturated rings. The molecule has 0 aliphatic rings. The van der Waals surface area contributed by atoms with Gasteiger partial charge < -0.3 is 5.84 Å². The van der Waals surface area contributed by atoms with Crippen LogP contribution in [0.2, 0.25) is 0 Å². The summed E-state index contributed by atoms with van der Waals surface area (Å²) in [5.74, 6) is 4.48. The van der Waals surface area contributed by atoms with Gasteiger partial charge in [0.2, 0.25) is 5.78 Å². The van der Waals surface area contributed by atoms with Crippen molar-refractivity contribution in [3.8, 4) is 0 Å². The van der Waals surface area contributed by atoms with Gasteiger partial charge in [0.1, 0.15) is 0 Å². The van der Waals surface area contributed by atoms with Crippen molar-refractivity contribution < 1.29 is 4.79 Å². The van der Waals surface area contributed by atoms with E-state index in [1.54, 1.807) is 24.3 Å². The highest BCUT2D eigenvalue weighted by Gasteiger charge is 2.09. The number of Topliss-reactive ketones (excluding diaryl/α,β-unsaturated/α-hetero) is 1. The number of rotatable bonds is 2. The highest BCUT2D eigenvalue weighted by atomic mass is 35.5. The molecule has 2 N–H and O–H groups in total. The summed E-state index contributed by atoms with van der Waals surface area (Å²) in [5.41, 5.74) is 0.483. The van der Waals surface area contributed by atoms with E-state index in [0.717, 1.165) is 0 Å². The molecule has 0 unspecified atom stereocenters. The molecule has 0 aliphatic heterocycles. The van der Waals surface area contributed by atoms with Crippen molar-refractivity contribution in [2.75, 3.05) is 0 Å². The topological polar surface area (TPSA) is 55.4 Å². The highest BCUT2D eigenvalue weighted by Crippen LogP contribution is 2.02. The fourth-order valence-corrected chi connectivity index (χ4v) is 0.876. The highest BCUT2D eigenvalue weighted by molar-refractivity contribution is 6.84. The molecule has 62 valence electrons. The van der Waals surface area contributed by atoms with E-state index in [2.05, 4.69) is 5.10 Å². The second kappa shape index (κ2) is 3.88. The van der Waals surface area contributed by atoms with Crippen molar-refractivity contribution in [3.63, 3.8) is 0 Å². The minimum Gasteiger partial charge on any atom is -0.322 e. The van der Waals surface area contributed by atoms with E-state index in [0.29, 0.717) is 5.56 Å². The average Bonchev–Trinajstić information content (AvgIpc) is 2.17. The van der Waals surface area contributed by atoms with E-state index >= 15 is 0 Å². The molecule has 0 spiro atoms. The van der Waals surface area contributed by atoms with Crippen LogP contribution in [0.5, 0.6) is 0 Å². The van der Waals surface area contributed by atoms with Crippen LogP contribution in [0.1, 0.15) is 10.4 Å². The quantitative estimate of drug-likeness (QED) is 0.325. The number of carbonyl (C=O) groups excluding carboxylic acids is 1. The SMILES string of the molecule is N/N=C(\Cl)C(=O)c1ccccc1. The Bertz CT molecular complexity index is 308. The Morgan fingerprint density at radius 2 is 1.92 bits per heavy atom. The van der Waals surface area contributed by atoms with Crippen molar-refractivity contribution in [1.29, 1.82) is 0 Å². The Kier molecular flexibility index (Phi) is 2.82. The zero-order valence-electron chi connectivity index (χ0n) is 6.20. The molecular formula is C8H7ClN2O. The average molecular weight is 183 g/mol. The van der Waals surface area contributed by atoms with Crippen LogP contribution in [0.3, 0.4) is 0 Å². The number of benzene rings is 1. The van der Waals surface area contributed by atoms with Crippen LogP contribution in [0.25, 0.3) is 0 Å². The molecule has 0 bridgehead atoms. The van der Waals surface area contributed by atoms with Gasteiger partial charge in [0.25, 0.3) is 0 Å². The van der Waals surface area contributed by atoms with Crippen molar-refractivity contribution in [1.82, 2.24) is 0 Å². The van der Waals surface area contributed by atoms with Crippen LogP contribution in [0.15, 0.2) is 35.4 Å². The summed E-state index contributed by atoms with van der Waals surface area (Å²) in [4.78, 5) is 11.2. The predicted molar refractivity (Wildman–Crippen MR) is 48.2 cm³/mol. The van der Waals surface area contributed by atoms with Crippen LogP contribution >= 0.6 is 11.6 Å². The van der Waals surface area contributed by atoms with E-state index in [1.807, 2.05) is 6.07 Å². The van der Waals surface area contributed by atoms with Crippen LogP contribution in [0.4, 0.5) is 0 Å². The smallest absolute Gasteiger partial charge is 0.224 e. The molecule has 12 heavy (non-hydrogen) atoms. The first kappa shape index (κ1) is 8.74. The lowest BCUT2D eigenvalue weighted by Crippen LogP contribution is -2.09. The summed E-state index contributed by atoms with van der Waals surface area (Å²) in [6.45, 7) is 0. The zero-order chi connectivity index (χ0) is 8.97. The molecule has 1 aromatic rings. The molecule has 0 saturated heterocycles. The fourth-order valence-electron chi connectivity index (χ4n) is 0.767. The summed E-state index contributed by atoms with van der Waals surface area (Å²) in [7, 11) is 0. The second-order valence-corrected chi connectivity index (χ2v) is 2.47. The second-order valence-electron chi connectivity index (χ2n) is 2.12. The van der Waals surface area contributed by atoms with Gasteiger partial charge in [-0.25, -0.2) is 0 Å². The summed E-state index contributed by atoms with van der Waals surface area (Å²) in [6.07, 6.45) is 0. The first-order chi connectivity index (χ1) is 5.75. The van der Waals surface area contributed by atoms with Gasteiger partial charge in [-0.05, 0) is 0 Å². The third kappa shape index (κ3) is 1.83. The lowest BCUT2D eigenvalue weighted by atomic mass is 10.1. The number of hydrogen-bond acceptors (Lipinski definition) is 3. The molecule has 0 heterocycles. The van der Waals surface area contributed by atoms with E-state index in [-0.39, 0.29) is 11.0 Å². The van der Waals surface area contributed by atoms with Crippen molar-refractivity contribution in [2.24, 2.45) is 10.9 Å². The van der Waals surface area contributed by atoms with Gasteiger partial charge in [-0.15, -0.1) is 0 Å². The van der Waals surface area contributed by atoms with Crippen molar-refractivity contribution in [3.05, 3.63) is 35.9 Å². The molecule has 0 atom stereocenters. The first-order valence-corrected chi connectivity index (χ1v) is 3.66. The molecule has 0 saturated carbocycles. The first-order valence-electron chi connectivity index (χ1n) is 3.29. The van der Waals surface area contributed by atoms with Crippen molar-refractivity contribution in [2.45, 2.75) is 0 Å². The Morgan fingerprint density at radius 1 is 1.33 bits per heavy atom. The molecule has 0 aliphatic carbocycles. The maximum absolute atomic E-state index is 11.2. The van der Waals surface area contributed by atoms with E-state index in [4.69, 9.17) is 17.4 Å². The Balaban J connectivity index is 2.94. The lowest BCUT2D eigenvalue weighted by Gasteiger charge is -1.95. The normalized spacial score (nSPS) is 11.2. The van der Waals surface area contributed by atoms with Crippen LogP contribution < -0.4 is 5.84 Å². The number of hydrazone groups is 1. The van der Waals surface area contributed by atoms with Crippen LogP contribution in [-0.2, 0) is 0 Å². The maximum Gasteiger partial charge on any atom is 0.224 e. The van der Waals surface area contributed by atoms with Gasteiger partial charge in [-0.1, -0.05) is 41.9 Å².